The third-order valence-corrected chi connectivity index (χ3v) is 28.0. The minimum Gasteiger partial charge on any atom is -0.330 e. The van der Waals surface area contributed by atoms with Crippen LogP contribution in [0.15, 0.2) is 11.1 Å². The van der Waals surface area contributed by atoms with Crippen LogP contribution in [0.3, 0.4) is 0 Å². The smallest absolute Gasteiger partial charge is 0.330 e. The van der Waals surface area contributed by atoms with E-state index in [0.717, 1.165) is 12.5 Å². The van der Waals surface area contributed by atoms with Gasteiger partial charge < -0.3 is 186 Å². The van der Waals surface area contributed by atoms with Crippen molar-refractivity contribution < 1.29 is 185 Å². The number of hydrogen-bond donors (Lipinski definition) is 37. The molecule has 0 bridgehead atoms. The molecule has 0 radical (unpaired) electrons. The minimum absolute atomic E-state index is 0.0206. The fraction of sp³-hybridized carbons (Fsp3) is 0.931. The quantitative estimate of drug-likeness (QED) is 0.0169. The molecule has 0 aromatic carbocycles. The molecule has 93 heavy (non-hydrogen) atoms. The molecule has 0 aliphatic carbocycles. The van der Waals surface area contributed by atoms with Crippen molar-refractivity contribution in [1.82, 2.24) is 0 Å². The predicted molar refractivity (Wildman–Crippen MR) is 334 cm³/mol. The maximum Gasteiger partial charge on any atom is 0.364 e. The summed E-state index contributed by atoms with van der Waals surface area (Å²) in [6, 6.07) is 0.0639. The van der Waals surface area contributed by atoms with E-state index in [4.69, 9.17) is 191 Å². The van der Waals surface area contributed by atoms with Crippen LogP contribution in [0.2, 0.25) is 0 Å². The molecule has 0 aliphatic rings. The lowest BCUT2D eigenvalue weighted by Gasteiger charge is -2.30. The van der Waals surface area contributed by atoms with E-state index in [1.807, 2.05) is 6.92 Å². The average molecular weight is 1640 g/mol. The Morgan fingerprint density at radius 1 is 0.409 bits per heavy atom. The Hall–Kier alpha value is 0.970. The maximum absolute atomic E-state index is 10.8. The van der Waals surface area contributed by atoms with Gasteiger partial charge in [0.25, 0.3) is 10.1 Å². The van der Waals surface area contributed by atoms with E-state index in [9.17, 15) is 63.2 Å². The summed E-state index contributed by atoms with van der Waals surface area (Å²) >= 11 is 0. The van der Waals surface area contributed by atoms with Gasteiger partial charge in [-0.05, 0) is 97.2 Å². The van der Waals surface area contributed by atoms with Crippen molar-refractivity contribution in [3.8, 4) is 0 Å². The zero-order chi connectivity index (χ0) is 77.1. The number of allylic oxidation sites excluding steroid dienone is 1. The van der Waals surface area contributed by atoms with E-state index >= 15 is 0 Å². The number of hydrogen-bond acceptors (Lipinski definition) is 26. The molecule has 6 unspecified atom stereocenters. The number of unbranched alkanes of at least 4 members (excludes halogenated alkanes) is 2. The first-order chi connectivity index (χ1) is 40.5. The highest BCUT2D eigenvalue weighted by molar-refractivity contribution is 7.86. The monoisotopic (exact) mass is 1640 g/mol. The second-order valence-electron chi connectivity index (χ2n) is 18.5. The van der Waals surface area contributed by atoms with Crippen molar-refractivity contribution >= 4 is 101 Å². The Bertz CT molecular complexity index is 2770. The summed E-state index contributed by atoms with van der Waals surface area (Å²) in [5.74, 6) is -7.78. The third kappa shape index (κ3) is 64.8. The van der Waals surface area contributed by atoms with Crippen LogP contribution in [-0.4, -0.2) is 220 Å². The van der Waals surface area contributed by atoms with Crippen LogP contribution in [-0.2, 0) is 64.9 Å². The predicted octanol–water partition coefficient (Wildman–Crippen LogP) is -7.45. The lowest BCUT2D eigenvalue weighted by Crippen LogP contribution is -2.39. The molecule has 0 amide bonds. The topological polar surface area (TPSA) is 1060 Å². The Morgan fingerprint density at radius 3 is 0.914 bits per heavy atom. The molecule has 0 saturated carbocycles. The molecule has 0 aromatic rings. The van der Waals surface area contributed by atoms with Crippen molar-refractivity contribution in [1.29, 1.82) is 0 Å². The van der Waals surface area contributed by atoms with E-state index < -0.39 is 177 Å². The standard InChI is InChI=1S/C6H17N2O3P.C6H15NO6P2.C4H14N2O6P2.C4H13N2O3P.C3H11NO6P2.C2H9N2O3P.C2H9NO6P2.C2H8NO6PS/c1-5(7)3-2-4-6(8)12(9,10)11;7-5-3-1-2-4-6(14(8,9)10)15(11,12)13;5-3-1-2-4(6,13(7,8)9)14(10,11)12;5-3-1-2-4(6)10(7,8)9;4-3(12(8,9)10)1-2-11(5,6)7;3-1-2(4)8(5,6)7;3-1-2(10(4,5)6)11(7,8)9;3-2(10(4,5)6)1-11(7,8)9/h5-6H,2-4,7-8H2,1H3,(H2,9,10,11);4H,1-3,5,7H2,(H2,8,9,10)(H2,11,12,13);1-3,5-6H2,(H2,7,8,9)(H2,10,11,12);4H,1-3,5-6H2,(H2,7,8,9);3H,1-2,4H2,(H2,5,6,7)(H2,8,9,10);2H,1,3-4H2,(H2,5,6,7);2H,1,3H2,(H2,4,5,6)(H2,7,8,9);2H,1,3H2,(H2,4,5,6)(H,7,8,9). The van der Waals surface area contributed by atoms with E-state index in [1.165, 1.54) is 0 Å². The molecule has 572 valence electrons. The second kappa shape index (κ2) is 48.0. The van der Waals surface area contributed by atoms with Gasteiger partial charge in [0.05, 0.1) is 6.16 Å². The van der Waals surface area contributed by atoms with Crippen molar-refractivity contribution in [2.75, 3.05) is 44.6 Å². The highest BCUT2D eigenvalue weighted by Crippen LogP contribution is 2.68. The summed E-state index contributed by atoms with van der Waals surface area (Å²) < 4.78 is 154. The Labute approximate surface area is 532 Å². The molecule has 0 aliphatic heterocycles. The van der Waals surface area contributed by atoms with Gasteiger partial charge in [-0.3, -0.25) is 59.3 Å². The molecular weight excluding hydrogens is 1540 g/mol. The fourth-order valence-electron chi connectivity index (χ4n) is 4.45. The van der Waals surface area contributed by atoms with Gasteiger partial charge in [-0.1, -0.05) is 6.08 Å². The van der Waals surface area contributed by atoms with E-state index in [2.05, 4.69) is 0 Å². The lowest BCUT2D eigenvalue weighted by molar-refractivity contribution is 0.300. The molecule has 0 heterocycles. The minimum atomic E-state index is -5.08. The Morgan fingerprint density at radius 2 is 0.720 bits per heavy atom. The molecule has 0 fully saturated rings. The highest BCUT2D eigenvalue weighted by Gasteiger charge is 2.56. The van der Waals surface area contributed by atoms with Crippen molar-refractivity contribution in [3.63, 3.8) is 0 Å². The Balaban J connectivity index is -0.000000149. The average Bonchev–Trinajstić information content (AvgIpc) is 0.785. The van der Waals surface area contributed by atoms with Gasteiger partial charge in [-0.25, -0.2) is 0 Å². The zero-order valence-corrected chi connectivity index (χ0v) is 60.5. The van der Waals surface area contributed by atoms with Gasteiger partial charge >= 0.3 is 91.1 Å². The molecule has 6 atom stereocenters. The van der Waals surface area contributed by atoms with Crippen LogP contribution in [0.4, 0.5) is 0 Å². The van der Waals surface area contributed by atoms with E-state index in [-0.39, 0.29) is 38.4 Å². The molecule has 64 heteroatoms. The normalized spacial score (nSPS) is 15.1. The summed E-state index contributed by atoms with van der Waals surface area (Å²) in [5, 5.41) is -6.00. The molecule has 51 nitrogen and oxygen atoms in total. The van der Waals surface area contributed by atoms with Gasteiger partial charge in [0, 0.05) is 19.1 Å². The van der Waals surface area contributed by atoms with Gasteiger partial charge in [0.1, 0.15) is 39.7 Å². The SMILES string of the molecule is CC(N)CCCC(N)P(=O)(O)O.NC(CCP(=O)(O)O)P(=O)(O)O.NC(CS(=O)(=O)O)P(=O)(O)O.NCC(N)P(=O)(O)O.NCC(P(=O)(O)O)P(=O)(O)O.NCCCC(N)(P(=O)(O)O)P(=O)(O)O.NCCCC(N)P(=O)(O)O.NCCCCC=C(P(=O)(O)O)P(=O)(O)O. The van der Waals surface area contributed by atoms with Crippen molar-refractivity contribution in [3.05, 3.63) is 11.1 Å². The summed E-state index contributed by atoms with van der Waals surface area (Å²) in [5.41, 5.74) is 60.4. The zero-order valence-electron chi connectivity index (χ0n) is 48.9. The third-order valence-electron chi connectivity index (χ3n) is 9.69. The van der Waals surface area contributed by atoms with Gasteiger partial charge in [-0.15, -0.1) is 0 Å². The highest BCUT2D eigenvalue weighted by atomic mass is 32.2. The van der Waals surface area contributed by atoms with Gasteiger partial charge in [0.2, 0.25) is 5.02 Å². The van der Waals surface area contributed by atoms with Crippen LogP contribution >= 0.6 is 91.1 Å². The van der Waals surface area contributed by atoms with Crippen LogP contribution in [0.25, 0.3) is 0 Å². The van der Waals surface area contributed by atoms with E-state index in [0.29, 0.717) is 45.2 Å². The van der Waals surface area contributed by atoms with Crippen molar-refractivity contribution in [2.45, 2.75) is 123 Å². The first kappa shape index (κ1) is 110. The second-order valence-corrected chi connectivity index (χ2v) is 42.6. The number of rotatable bonds is 32. The summed E-state index contributed by atoms with van der Waals surface area (Å²) in [7, 11) is -59.4. The van der Waals surface area contributed by atoms with Crippen LogP contribution in [0, 0.1) is 0 Å². The summed E-state index contributed by atoms with van der Waals surface area (Å²) in [6.45, 7) is 1.80. The van der Waals surface area contributed by atoms with Crippen LogP contribution in [0.1, 0.15) is 77.6 Å². The first-order valence-electron chi connectivity index (χ1n) is 24.6. The van der Waals surface area contributed by atoms with E-state index in [1.54, 1.807) is 0 Å². The molecular formula is C29H96N12O39P12S. The summed E-state index contributed by atoms with van der Waals surface area (Å²) in [4.78, 5) is 204. The Kier molecular flexibility index (Phi) is 56.7. The first-order valence-corrected chi connectivity index (χ1v) is 46.3. The molecule has 0 aromatic heterocycles. The van der Waals surface area contributed by atoms with Crippen molar-refractivity contribution in [2.24, 2.45) is 68.8 Å². The molecule has 0 rings (SSSR count). The number of nitrogens with two attached hydrogens (primary N) is 12. The van der Waals surface area contributed by atoms with Crippen LogP contribution in [0.5, 0.6) is 0 Å². The molecule has 0 spiro atoms. The van der Waals surface area contributed by atoms with Crippen LogP contribution < -0.4 is 68.8 Å². The summed E-state index contributed by atoms with van der Waals surface area (Å²) in [6.07, 6.45) is 3.28. The largest absolute Gasteiger partial charge is 0.364 e. The fourth-order valence-corrected chi connectivity index (χ4v) is 15.3. The van der Waals surface area contributed by atoms with Gasteiger partial charge in [-0.2, -0.15) is 8.42 Å². The maximum atomic E-state index is 10.8. The lowest BCUT2D eigenvalue weighted by atomic mass is 10.1. The molecule has 0 saturated heterocycles. The van der Waals surface area contributed by atoms with Gasteiger partial charge in [0.15, 0.2) is 5.40 Å². The molecule has 49 N–H and O–H groups in total.